The van der Waals surface area contributed by atoms with E-state index in [0.717, 1.165) is 6.54 Å². The highest BCUT2D eigenvalue weighted by Crippen LogP contribution is 2.30. The maximum Gasteiger partial charge on any atom is 0.0236 e. The van der Waals surface area contributed by atoms with Crippen molar-refractivity contribution < 1.29 is 5.48 Å². The molecule has 1 aliphatic rings. The number of benzene rings is 2. The zero-order chi connectivity index (χ0) is 15.2. The number of rotatable bonds is 2. The van der Waals surface area contributed by atoms with E-state index in [4.69, 9.17) is 0 Å². The lowest BCUT2D eigenvalue weighted by molar-refractivity contribution is 0.452. The molecule has 0 saturated heterocycles. The smallest absolute Gasteiger partial charge is 0.0236 e. The van der Waals surface area contributed by atoms with E-state index in [1.807, 2.05) is 13.8 Å². The van der Waals surface area contributed by atoms with Crippen molar-refractivity contribution in [3.05, 3.63) is 66.4 Å². The Labute approximate surface area is 134 Å². The quantitative estimate of drug-likeness (QED) is 0.805. The molecule has 2 nitrogen and oxygen atoms in total. The van der Waals surface area contributed by atoms with Gasteiger partial charge in [0.15, 0.2) is 0 Å². The second-order valence-corrected chi connectivity index (χ2v) is 5.37. The van der Waals surface area contributed by atoms with Gasteiger partial charge in [-0.15, -0.1) is 0 Å². The highest BCUT2D eigenvalue weighted by Gasteiger charge is 2.19. The molecule has 1 heterocycles. The molecular formula is C20H27NO. The molecule has 118 valence electrons. The highest BCUT2D eigenvalue weighted by atomic mass is 16.0. The molecule has 0 aliphatic carbocycles. The Hall–Kier alpha value is -2.06. The molecule has 0 amide bonds. The van der Waals surface area contributed by atoms with Crippen molar-refractivity contribution in [2.24, 2.45) is 5.92 Å². The van der Waals surface area contributed by atoms with Crippen LogP contribution < -0.4 is 0 Å². The van der Waals surface area contributed by atoms with Gasteiger partial charge in [0, 0.05) is 25.7 Å². The normalized spacial score (nSPS) is 16.3. The molecule has 22 heavy (non-hydrogen) atoms. The Bertz CT molecular complexity index is 587. The average molecular weight is 297 g/mol. The average Bonchev–Trinajstić information content (AvgIpc) is 2.89. The molecule has 0 aromatic heterocycles. The van der Waals surface area contributed by atoms with Crippen molar-refractivity contribution in [3.63, 3.8) is 0 Å². The van der Waals surface area contributed by atoms with Crippen LogP contribution in [0.15, 0.2) is 60.8 Å². The van der Waals surface area contributed by atoms with Crippen molar-refractivity contribution in [3.8, 4) is 11.1 Å². The molecule has 2 N–H and O–H groups in total. The Morgan fingerprint density at radius 2 is 1.32 bits per heavy atom. The second kappa shape index (κ2) is 8.40. The summed E-state index contributed by atoms with van der Waals surface area (Å²) in [5.74, 6) is 0.618. The van der Waals surface area contributed by atoms with Crippen LogP contribution in [0.1, 0.15) is 26.3 Å². The Morgan fingerprint density at radius 3 is 1.82 bits per heavy atom. The van der Waals surface area contributed by atoms with Crippen LogP contribution in [0.4, 0.5) is 0 Å². The predicted molar refractivity (Wildman–Crippen MR) is 96.6 cm³/mol. The standard InChI is InChI=1S/C18H19N.C2H6.H2O/c1-14-12-19(2)13-18(14)17-10-8-16(9-11-17)15-6-4-3-5-7-15;1-2;/h3-11,13-14H,12H2,1-2H3;1-2H3;1H2. The van der Waals surface area contributed by atoms with E-state index in [9.17, 15) is 0 Å². The van der Waals surface area contributed by atoms with Gasteiger partial charge in [0.1, 0.15) is 0 Å². The third kappa shape index (κ3) is 3.99. The van der Waals surface area contributed by atoms with Crippen LogP contribution in [0.3, 0.4) is 0 Å². The molecule has 1 atom stereocenters. The number of hydrogen-bond donors (Lipinski definition) is 0. The van der Waals surface area contributed by atoms with Crippen molar-refractivity contribution in [1.29, 1.82) is 0 Å². The lowest BCUT2D eigenvalue weighted by Gasteiger charge is -2.10. The molecule has 0 spiro atoms. The minimum absolute atomic E-state index is 0. The fourth-order valence-electron chi connectivity index (χ4n) is 2.79. The molecule has 2 aromatic rings. The molecule has 1 aliphatic heterocycles. The van der Waals surface area contributed by atoms with E-state index in [-0.39, 0.29) is 5.48 Å². The molecule has 0 radical (unpaired) electrons. The summed E-state index contributed by atoms with van der Waals surface area (Å²) in [5, 5.41) is 0. The van der Waals surface area contributed by atoms with Crippen LogP contribution in [0.25, 0.3) is 16.7 Å². The number of nitrogens with zero attached hydrogens (tertiary/aromatic N) is 1. The van der Waals surface area contributed by atoms with Gasteiger partial charge < -0.3 is 10.4 Å². The third-order valence-corrected chi connectivity index (χ3v) is 3.78. The lowest BCUT2D eigenvalue weighted by atomic mass is 9.95. The van der Waals surface area contributed by atoms with Crippen molar-refractivity contribution >= 4 is 5.57 Å². The van der Waals surface area contributed by atoms with Crippen molar-refractivity contribution in [2.75, 3.05) is 13.6 Å². The van der Waals surface area contributed by atoms with Crippen LogP contribution >= 0.6 is 0 Å². The fraction of sp³-hybridized carbons (Fsp3) is 0.300. The first-order chi connectivity index (χ1) is 10.2. The fourth-order valence-corrected chi connectivity index (χ4v) is 2.79. The maximum atomic E-state index is 2.29. The summed E-state index contributed by atoms with van der Waals surface area (Å²) in [7, 11) is 2.14. The van der Waals surface area contributed by atoms with Gasteiger partial charge in [-0.1, -0.05) is 75.4 Å². The van der Waals surface area contributed by atoms with Gasteiger partial charge in [-0.2, -0.15) is 0 Å². The summed E-state index contributed by atoms with van der Waals surface area (Å²) in [6.45, 7) is 7.41. The van der Waals surface area contributed by atoms with Gasteiger partial charge in [0.2, 0.25) is 0 Å². The SMILES string of the molecule is CC.CC1CN(C)C=C1c1ccc(-c2ccccc2)cc1.O. The molecule has 1 unspecified atom stereocenters. The van der Waals surface area contributed by atoms with E-state index in [1.165, 1.54) is 22.3 Å². The first-order valence-corrected chi connectivity index (χ1v) is 7.82. The molecule has 0 bridgehead atoms. The Kier molecular flexibility index (Phi) is 6.87. The van der Waals surface area contributed by atoms with Crippen LogP contribution in [0.5, 0.6) is 0 Å². The molecule has 0 saturated carbocycles. The van der Waals surface area contributed by atoms with E-state index in [1.54, 1.807) is 0 Å². The van der Waals surface area contributed by atoms with Crippen LogP contribution in [0.2, 0.25) is 0 Å². The largest absolute Gasteiger partial charge is 0.412 e. The predicted octanol–water partition coefficient (Wildman–Crippen LogP) is 4.48. The topological polar surface area (TPSA) is 34.7 Å². The summed E-state index contributed by atoms with van der Waals surface area (Å²) in [4.78, 5) is 2.27. The zero-order valence-electron chi connectivity index (χ0n) is 14.0. The lowest BCUT2D eigenvalue weighted by Crippen LogP contribution is -2.10. The van der Waals surface area contributed by atoms with Crippen LogP contribution in [-0.2, 0) is 0 Å². The molecular weight excluding hydrogens is 270 g/mol. The summed E-state index contributed by atoms with van der Waals surface area (Å²) < 4.78 is 0. The summed E-state index contributed by atoms with van der Waals surface area (Å²) in [5.41, 5.74) is 5.35. The summed E-state index contributed by atoms with van der Waals surface area (Å²) in [6, 6.07) is 19.4. The third-order valence-electron chi connectivity index (χ3n) is 3.78. The summed E-state index contributed by atoms with van der Waals surface area (Å²) in [6.07, 6.45) is 2.27. The molecule has 3 rings (SSSR count). The maximum absolute atomic E-state index is 2.29. The van der Waals surface area contributed by atoms with E-state index in [0.29, 0.717) is 5.92 Å². The summed E-state index contributed by atoms with van der Waals surface area (Å²) >= 11 is 0. The number of hydrogen-bond acceptors (Lipinski definition) is 1. The Balaban J connectivity index is 0.000000775. The van der Waals surface area contributed by atoms with Crippen LogP contribution in [-0.4, -0.2) is 24.0 Å². The second-order valence-electron chi connectivity index (χ2n) is 5.37. The highest BCUT2D eigenvalue weighted by molar-refractivity contribution is 5.72. The van der Waals surface area contributed by atoms with Gasteiger partial charge in [-0.25, -0.2) is 0 Å². The van der Waals surface area contributed by atoms with E-state index in [2.05, 4.69) is 79.7 Å². The van der Waals surface area contributed by atoms with E-state index >= 15 is 0 Å². The van der Waals surface area contributed by atoms with Gasteiger partial charge in [0.05, 0.1) is 0 Å². The first kappa shape index (κ1) is 18.0. The zero-order valence-corrected chi connectivity index (χ0v) is 14.0. The molecule has 2 aromatic carbocycles. The minimum Gasteiger partial charge on any atom is -0.412 e. The van der Waals surface area contributed by atoms with Gasteiger partial charge in [-0.05, 0) is 22.3 Å². The minimum atomic E-state index is 0. The Morgan fingerprint density at radius 1 is 0.818 bits per heavy atom. The first-order valence-electron chi connectivity index (χ1n) is 7.82. The van der Waals surface area contributed by atoms with Gasteiger partial charge >= 0.3 is 0 Å². The van der Waals surface area contributed by atoms with Crippen LogP contribution in [0, 0.1) is 5.92 Å². The van der Waals surface area contributed by atoms with Crippen molar-refractivity contribution in [1.82, 2.24) is 4.90 Å². The van der Waals surface area contributed by atoms with Crippen molar-refractivity contribution in [2.45, 2.75) is 20.8 Å². The van der Waals surface area contributed by atoms with Gasteiger partial charge in [0.25, 0.3) is 0 Å². The van der Waals surface area contributed by atoms with E-state index < -0.39 is 0 Å². The molecule has 2 heteroatoms. The monoisotopic (exact) mass is 297 g/mol. The molecule has 0 fully saturated rings. The van der Waals surface area contributed by atoms with Gasteiger partial charge in [-0.3, -0.25) is 0 Å².